The van der Waals surface area contributed by atoms with Crippen molar-refractivity contribution in [1.82, 2.24) is 4.90 Å². The Morgan fingerprint density at radius 2 is 2.14 bits per heavy atom. The Hall–Kier alpha value is -1.06. The van der Waals surface area contributed by atoms with Crippen molar-refractivity contribution in [1.29, 1.82) is 0 Å². The summed E-state index contributed by atoms with van der Waals surface area (Å²) < 4.78 is 0. The molecule has 1 N–H and O–H groups in total. The fourth-order valence-electron chi connectivity index (χ4n) is 3.17. The number of piperidine rings is 1. The molecule has 1 saturated heterocycles. The Bertz CT molecular complexity index is 493. The summed E-state index contributed by atoms with van der Waals surface area (Å²) in [6.07, 6.45) is 4.78. The van der Waals surface area contributed by atoms with Crippen LogP contribution in [0.15, 0.2) is 12.1 Å². The molecular weight excluding hydrogens is 284 g/mol. The van der Waals surface area contributed by atoms with Crippen LogP contribution in [0.1, 0.15) is 43.7 Å². The van der Waals surface area contributed by atoms with Crippen LogP contribution in [0.3, 0.4) is 0 Å². The first-order valence-corrected chi connectivity index (χ1v) is 8.19. The van der Waals surface area contributed by atoms with E-state index in [1.54, 1.807) is 0 Å². The molecule has 0 radical (unpaired) electrons. The monoisotopic (exact) mass is 308 g/mol. The van der Waals surface area contributed by atoms with Crippen LogP contribution < -0.4 is 5.32 Å². The lowest BCUT2D eigenvalue weighted by Crippen LogP contribution is -2.43. The molecule has 0 aliphatic carbocycles. The molecule has 4 heteroatoms. The van der Waals surface area contributed by atoms with Crippen molar-refractivity contribution in [2.24, 2.45) is 0 Å². The van der Waals surface area contributed by atoms with Gasteiger partial charge in [0.2, 0.25) is 5.91 Å². The van der Waals surface area contributed by atoms with Crippen LogP contribution in [0, 0.1) is 13.8 Å². The maximum atomic E-state index is 12.3. The molecule has 0 spiro atoms. The Morgan fingerprint density at radius 1 is 1.38 bits per heavy atom. The number of rotatable bonds is 4. The highest BCUT2D eigenvalue weighted by atomic mass is 35.5. The van der Waals surface area contributed by atoms with Gasteiger partial charge in [0, 0.05) is 6.04 Å². The normalized spacial score (nSPS) is 19.5. The fourth-order valence-corrected chi connectivity index (χ4v) is 3.54. The Morgan fingerprint density at radius 3 is 2.81 bits per heavy atom. The van der Waals surface area contributed by atoms with E-state index in [1.807, 2.05) is 26.0 Å². The van der Waals surface area contributed by atoms with Gasteiger partial charge in [-0.25, -0.2) is 0 Å². The molecule has 1 fully saturated rings. The third-order valence-electron chi connectivity index (χ3n) is 4.26. The number of hydrogen-bond donors (Lipinski definition) is 1. The average Bonchev–Trinajstić information content (AvgIpc) is 2.43. The lowest BCUT2D eigenvalue weighted by atomic mass is 10.00. The van der Waals surface area contributed by atoms with Gasteiger partial charge in [-0.3, -0.25) is 9.69 Å². The summed E-state index contributed by atoms with van der Waals surface area (Å²) in [6.45, 7) is 7.66. The van der Waals surface area contributed by atoms with Gasteiger partial charge in [-0.15, -0.1) is 0 Å². The lowest BCUT2D eigenvalue weighted by molar-refractivity contribution is -0.118. The third kappa shape index (κ3) is 4.21. The number of nitrogens with one attached hydrogen (secondary N) is 1. The zero-order chi connectivity index (χ0) is 15.4. The largest absolute Gasteiger partial charge is 0.323 e. The summed E-state index contributed by atoms with van der Waals surface area (Å²) in [5, 5.41) is 3.60. The van der Waals surface area contributed by atoms with Crippen molar-refractivity contribution in [3.63, 3.8) is 0 Å². The highest BCUT2D eigenvalue weighted by Gasteiger charge is 2.23. The standard InChI is InChI=1S/C17H25ClN2O/c1-4-14-7-5-6-8-20(14)11-16(21)19-17-13(3)9-12(2)10-15(17)18/h9-10,14H,4-8,11H2,1-3H3,(H,19,21). The smallest absolute Gasteiger partial charge is 0.238 e. The second-order valence-electron chi connectivity index (χ2n) is 6.02. The Labute approximate surface area is 132 Å². The van der Waals surface area contributed by atoms with E-state index < -0.39 is 0 Å². The van der Waals surface area contributed by atoms with Crippen molar-refractivity contribution < 1.29 is 4.79 Å². The number of hydrogen-bond acceptors (Lipinski definition) is 2. The predicted molar refractivity (Wildman–Crippen MR) is 89.1 cm³/mol. The molecule has 0 aromatic heterocycles. The highest BCUT2D eigenvalue weighted by Crippen LogP contribution is 2.27. The van der Waals surface area contributed by atoms with Gasteiger partial charge in [0.1, 0.15) is 0 Å². The molecule has 1 amide bonds. The van der Waals surface area contributed by atoms with Crippen molar-refractivity contribution in [3.8, 4) is 0 Å². The van der Waals surface area contributed by atoms with Gasteiger partial charge in [-0.05, 0) is 56.8 Å². The van der Waals surface area contributed by atoms with E-state index in [0.29, 0.717) is 17.6 Å². The molecule has 21 heavy (non-hydrogen) atoms. The van der Waals surface area contributed by atoms with Crippen LogP contribution in [-0.4, -0.2) is 29.9 Å². The van der Waals surface area contributed by atoms with Gasteiger partial charge in [0.05, 0.1) is 17.3 Å². The van der Waals surface area contributed by atoms with Crippen molar-refractivity contribution in [2.75, 3.05) is 18.4 Å². The number of amides is 1. The molecule has 1 atom stereocenters. The van der Waals surface area contributed by atoms with Gasteiger partial charge in [-0.2, -0.15) is 0 Å². The zero-order valence-corrected chi connectivity index (χ0v) is 14.0. The van der Waals surface area contributed by atoms with Crippen molar-refractivity contribution in [3.05, 3.63) is 28.3 Å². The molecule has 0 bridgehead atoms. The number of halogens is 1. The highest BCUT2D eigenvalue weighted by molar-refractivity contribution is 6.34. The fraction of sp³-hybridized carbons (Fsp3) is 0.588. The first-order valence-electron chi connectivity index (χ1n) is 7.82. The number of anilines is 1. The molecule has 1 aliphatic rings. The average molecular weight is 309 g/mol. The summed E-state index contributed by atoms with van der Waals surface area (Å²) in [6, 6.07) is 4.47. The van der Waals surface area contributed by atoms with Gasteiger partial charge in [0.25, 0.3) is 0 Å². The molecule has 1 aromatic rings. The minimum absolute atomic E-state index is 0.0317. The maximum absolute atomic E-state index is 12.3. The van der Waals surface area contributed by atoms with Gasteiger partial charge < -0.3 is 5.32 Å². The van der Waals surface area contributed by atoms with Crippen LogP contribution in [0.5, 0.6) is 0 Å². The Kier molecular flexibility index (Phi) is 5.65. The number of likely N-dealkylation sites (tertiary alicyclic amines) is 1. The second kappa shape index (κ2) is 7.28. The van der Waals surface area contributed by atoms with Crippen LogP contribution >= 0.6 is 11.6 Å². The molecule has 1 aliphatic heterocycles. The predicted octanol–water partition coefficient (Wildman–Crippen LogP) is 4.16. The first kappa shape index (κ1) is 16.3. The van der Waals surface area contributed by atoms with Gasteiger partial charge >= 0.3 is 0 Å². The van der Waals surface area contributed by atoms with Gasteiger partial charge in [-0.1, -0.05) is 31.0 Å². The first-order chi connectivity index (χ1) is 10.0. The van der Waals surface area contributed by atoms with Gasteiger partial charge in [0.15, 0.2) is 0 Å². The van der Waals surface area contributed by atoms with E-state index in [-0.39, 0.29) is 5.91 Å². The number of nitrogens with zero attached hydrogens (tertiary/aromatic N) is 1. The van der Waals surface area contributed by atoms with E-state index >= 15 is 0 Å². The summed E-state index contributed by atoms with van der Waals surface area (Å²) >= 11 is 6.25. The van der Waals surface area contributed by atoms with Crippen LogP contribution in [0.4, 0.5) is 5.69 Å². The summed E-state index contributed by atoms with van der Waals surface area (Å²) in [7, 11) is 0. The molecule has 116 valence electrons. The third-order valence-corrected chi connectivity index (χ3v) is 4.56. The molecule has 3 nitrogen and oxygen atoms in total. The van der Waals surface area contributed by atoms with Crippen molar-refractivity contribution >= 4 is 23.2 Å². The quantitative estimate of drug-likeness (QED) is 0.906. The SMILES string of the molecule is CCC1CCCCN1CC(=O)Nc1c(C)cc(C)cc1Cl. The summed E-state index contributed by atoms with van der Waals surface area (Å²) in [5.74, 6) is 0.0317. The molecule has 1 unspecified atom stereocenters. The summed E-state index contributed by atoms with van der Waals surface area (Å²) in [4.78, 5) is 14.6. The Balaban J connectivity index is 2.01. The minimum atomic E-state index is 0.0317. The van der Waals surface area contributed by atoms with E-state index in [9.17, 15) is 4.79 Å². The zero-order valence-electron chi connectivity index (χ0n) is 13.2. The summed E-state index contributed by atoms with van der Waals surface area (Å²) in [5.41, 5.74) is 2.87. The molecule has 1 aromatic carbocycles. The van der Waals surface area contributed by atoms with Crippen LogP contribution in [0.2, 0.25) is 5.02 Å². The van der Waals surface area contributed by atoms with E-state index in [0.717, 1.165) is 29.8 Å². The molecule has 0 saturated carbocycles. The number of carbonyl (C=O) groups excluding carboxylic acids is 1. The van der Waals surface area contributed by atoms with Crippen LogP contribution in [-0.2, 0) is 4.79 Å². The molecule has 2 rings (SSSR count). The molecule has 1 heterocycles. The van der Waals surface area contributed by atoms with E-state index in [4.69, 9.17) is 11.6 Å². The van der Waals surface area contributed by atoms with Crippen molar-refractivity contribution in [2.45, 2.75) is 52.5 Å². The molecular formula is C17H25ClN2O. The second-order valence-corrected chi connectivity index (χ2v) is 6.42. The number of carbonyl (C=O) groups is 1. The lowest BCUT2D eigenvalue weighted by Gasteiger charge is -2.34. The topological polar surface area (TPSA) is 32.3 Å². The van der Waals surface area contributed by atoms with Crippen LogP contribution in [0.25, 0.3) is 0 Å². The maximum Gasteiger partial charge on any atom is 0.238 e. The van der Waals surface area contributed by atoms with E-state index in [2.05, 4.69) is 17.1 Å². The number of benzene rings is 1. The number of aryl methyl sites for hydroxylation is 2. The minimum Gasteiger partial charge on any atom is -0.323 e. The van der Waals surface area contributed by atoms with E-state index in [1.165, 1.54) is 19.3 Å².